The molecule has 0 radical (unpaired) electrons. The van der Waals surface area contributed by atoms with Crippen molar-refractivity contribution in [3.8, 4) is 0 Å². The molecule has 2 heterocycles. The van der Waals surface area contributed by atoms with Crippen molar-refractivity contribution in [1.29, 1.82) is 0 Å². The van der Waals surface area contributed by atoms with Gasteiger partial charge in [-0.05, 0) is 41.7 Å². The zero-order valence-electron chi connectivity index (χ0n) is 22.4. The van der Waals surface area contributed by atoms with Gasteiger partial charge in [-0.15, -0.1) is 0 Å². The van der Waals surface area contributed by atoms with Crippen LogP contribution in [-0.4, -0.2) is 52.3 Å². The summed E-state index contributed by atoms with van der Waals surface area (Å²) in [6.45, 7) is 3.34. The van der Waals surface area contributed by atoms with Crippen LogP contribution in [0.4, 0.5) is 0 Å². The Kier molecular flexibility index (Phi) is 4.73. The summed E-state index contributed by atoms with van der Waals surface area (Å²) in [5.41, 5.74) is 11.0. The van der Waals surface area contributed by atoms with E-state index in [0.717, 1.165) is 46.5 Å². The van der Waals surface area contributed by atoms with E-state index in [9.17, 15) is 19.2 Å². The van der Waals surface area contributed by atoms with E-state index in [2.05, 4.69) is 6.92 Å². The molecule has 2 aliphatic heterocycles. The molecule has 2 aromatic carbocycles. The molecule has 4 aliphatic carbocycles. The Labute approximate surface area is 232 Å². The summed E-state index contributed by atoms with van der Waals surface area (Å²) in [6.07, 6.45) is 5.29. The molecule has 2 saturated heterocycles. The molecule has 7 nitrogen and oxygen atoms in total. The molecule has 2 saturated carbocycles. The Morgan fingerprint density at radius 2 is 1.45 bits per heavy atom. The minimum absolute atomic E-state index is 0.0271. The third-order valence-electron chi connectivity index (χ3n) is 10.9. The van der Waals surface area contributed by atoms with E-state index < -0.39 is 6.04 Å². The van der Waals surface area contributed by atoms with Gasteiger partial charge in [0.1, 0.15) is 0 Å². The second-order valence-electron chi connectivity index (χ2n) is 12.5. The molecular formula is C33H31N3O4. The second-order valence-corrected chi connectivity index (χ2v) is 12.5. The predicted octanol–water partition coefficient (Wildman–Crippen LogP) is 3.49. The molecular weight excluding hydrogens is 502 g/mol. The predicted molar refractivity (Wildman–Crippen MR) is 147 cm³/mol. The molecule has 2 aromatic rings. The fourth-order valence-electron chi connectivity index (χ4n) is 8.92. The number of fused-ring (bicyclic) bond motifs is 2. The Morgan fingerprint density at radius 3 is 2.10 bits per heavy atom. The van der Waals surface area contributed by atoms with E-state index in [1.165, 1.54) is 0 Å². The second kappa shape index (κ2) is 7.88. The Bertz CT molecular complexity index is 1620. The summed E-state index contributed by atoms with van der Waals surface area (Å²) in [4.78, 5) is 56.5. The van der Waals surface area contributed by atoms with Gasteiger partial charge in [-0.1, -0.05) is 55.5 Å². The molecule has 7 heteroatoms. The highest BCUT2D eigenvalue weighted by Crippen LogP contribution is 2.70. The summed E-state index contributed by atoms with van der Waals surface area (Å²) in [5, 5.41) is 0. The topological polar surface area (TPSA) is 101 Å². The van der Waals surface area contributed by atoms with Crippen molar-refractivity contribution in [3.05, 3.63) is 94.3 Å². The van der Waals surface area contributed by atoms with Crippen molar-refractivity contribution < 1.29 is 19.2 Å². The van der Waals surface area contributed by atoms with Gasteiger partial charge in [0.2, 0.25) is 11.8 Å². The molecule has 2 spiro atoms. The summed E-state index contributed by atoms with van der Waals surface area (Å²) in [7, 11) is 0. The first kappa shape index (κ1) is 24.0. The molecule has 0 aromatic heterocycles. The molecule has 8 rings (SSSR count). The van der Waals surface area contributed by atoms with E-state index >= 15 is 0 Å². The average molecular weight is 534 g/mol. The lowest BCUT2D eigenvalue weighted by molar-refractivity contribution is -0.131. The first-order valence-corrected chi connectivity index (χ1v) is 14.4. The quantitative estimate of drug-likeness (QED) is 0.649. The van der Waals surface area contributed by atoms with Crippen LogP contribution in [0.25, 0.3) is 0 Å². The molecule has 202 valence electrons. The van der Waals surface area contributed by atoms with Crippen LogP contribution in [0.15, 0.2) is 72.1 Å². The summed E-state index contributed by atoms with van der Waals surface area (Å²) >= 11 is 0. The number of likely N-dealkylation sites (tertiary alicyclic amines) is 2. The number of piperidine rings is 1. The first-order chi connectivity index (χ1) is 19.3. The van der Waals surface area contributed by atoms with Crippen molar-refractivity contribution in [2.45, 2.75) is 49.5 Å². The van der Waals surface area contributed by atoms with Gasteiger partial charge < -0.3 is 15.5 Å². The molecule has 2 N–H and O–H groups in total. The molecule has 6 aliphatic rings. The van der Waals surface area contributed by atoms with E-state index in [4.69, 9.17) is 5.73 Å². The third kappa shape index (κ3) is 2.78. The highest BCUT2D eigenvalue weighted by molar-refractivity contribution is 6.10. The van der Waals surface area contributed by atoms with E-state index in [1.54, 1.807) is 22.0 Å². The summed E-state index contributed by atoms with van der Waals surface area (Å²) in [6, 6.07) is 14.8. The smallest absolute Gasteiger partial charge is 0.228 e. The van der Waals surface area contributed by atoms with Crippen LogP contribution in [0.5, 0.6) is 0 Å². The van der Waals surface area contributed by atoms with Gasteiger partial charge in [-0.25, -0.2) is 0 Å². The number of ketones is 2. The number of rotatable bonds is 4. The van der Waals surface area contributed by atoms with Crippen molar-refractivity contribution >= 4 is 23.4 Å². The molecule has 0 bridgehead atoms. The van der Waals surface area contributed by atoms with E-state index in [-0.39, 0.29) is 53.0 Å². The number of hydrogen-bond donors (Lipinski definition) is 1. The van der Waals surface area contributed by atoms with E-state index in [1.807, 2.05) is 48.5 Å². The van der Waals surface area contributed by atoms with Gasteiger partial charge in [-0.3, -0.25) is 19.2 Å². The zero-order valence-corrected chi connectivity index (χ0v) is 22.4. The lowest BCUT2D eigenvalue weighted by Gasteiger charge is -2.47. The number of allylic oxidation sites excluding steroid dienone is 4. The minimum atomic E-state index is -0.654. The van der Waals surface area contributed by atoms with Gasteiger partial charge >= 0.3 is 0 Å². The Hall–Kier alpha value is -3.84. The fraction of sp³-hybridized carbons (Fsp3) is 0.394. The molecule has 2 amide bonds. The summed E-state index contributed by atoms with van der Waals surface area (Å²) < 4.78 is 0. The van der Waals surface area contributed by atoms with Crippen LogP contribution in [0.2, 0.25) is 0 Å². The number of hydrogen-bond acceptors (Lipinski definition) is 5. The van der Waals surface area contributed by atoms with Gasteiger partial charge in [0.05, 0.1) is 0 Å². The third-order valence-corrected chi connectivity index (χ3v) is 10.9. The first-order valence-electron chi connectivity index (χ1n) is 14.4. The monoisotopic (exact) mass is 533 g/mol. The number of benzene rings is 2. The van der Waals surface area contributed by atoms with Crippen LogP contribution < -0.4 is 5.73 Å². The number of nitrogens with zero attached hydrogens (tertiary/aromatic N) is 2. The van der Waals surface area contributed by atoms with Crippen LogP contribution in [0, 0.1) is 17.8 Å². The minimum Gasteiger partial charge on any atom is -0.327 e. The van der Waals surface area contributed by atoms with Gasteiger partial charge in [0, 0.05) is 77.5 Å². The standard InChI is InChI=1S/C33H31N3O4/c1-18-25-17-36(29-15-27(38)22-7-3-5-9-24(22)33(18,25)29)31(40)13-20(34)12-30(39)35-16-19-10-11-32(19)23-8-4-2-6-21(23)26(37)14-28(32)35/h2-9,14-15,18-20,25H,10-13,16-17,34H2,1H3. The van der Waals surface area contributed by atoms with Gasteiger partial charge in [0.15, 0.2) is 11.6 Å². The number of carbonyl (C=O) groups excluding carboxylic acids is 4. The lowest BCUT2D eigenvalue weighted by Crippen LogP contribution is -2.45. The van der Waals surface area contributed by atoms with Crippen molar-refractivity contribution in [2.75, 3.05) is 13.1 Å². The number of carbonyl (C=O) groups is 4. The van der Waals surface area contributed by atoms with Crippen LogP contribution in [0.3, 0.4) is 0 Å². The lowest BCUT2D eigenvalue weighted by atomic mass is 9.55. The average Bonchev–Trinajstić information content (AvgIpc) is 3.21. The van der Waals surface area contributed by atoms with Crippen molar-refractivity contribution in [1.82, 2.24) is 9.80 Å². The molecule has 4 fully saturated rings. The highest BCUT2D eigenvalue weighted by Gasteiger charge is 2.72. The van der Waals surface area contributed by atoms with Gasteiger partial charge in [0.25, 0.3) is 0 Å². The molecule has 40 heavy (non-hydrogen) atoms. The van der Waals surface area contributed by atoms with Crippen LogP contribution in [-0.2, 0) is 20.4 Å². The maximum absolute atomic E-state index is 13.6. The van der Waals surface area contributed by atoms with Crippen molar-refractivity contribution in [2.24, 2.45) is 23.5 Å². The summed E-state index contributed by atoms with van der Waals surface area (Å²) in [5.74, 6) is 0.533. The normalized spacial score (nSPS) is 32.9. The molecule has 6 atom stereocenters. The zero-order chi connectivity index (χ0) is 27.6. The maximum atomic E-state index is 13.6. The Morgan fingerprint density at radius 1 is 0.875 bits per heavy atom. The number of nitrogens with two attached hydrogens (primary N) is 1. The largest absolute Gasteiger partial charge is 0.327 e. The van der Waals surface area contributed by atoms with Crippen LogP contribution >= 0.6 is 0 Å². The number of amides is 2. The fourth-order valence-corrected chi connectivity index (χ4v) is 8.92. The Balaban J connectivity index is 0.995. The molecule has 6 unspecified atom stereocenters. The van der Waals surface area contributed by atoms with Crippen LogP contribution in [0.1, 0.15) is 64.4 Å². The van der Waals surface area contributed by atoms with Gasteiger partial charge in [-0.2, -0.15) is 0 Å². The van der Waals surface area contributed by atoms with Crippen molar-refractivity contribution in [3.63, 3.8) is 0 Å². The highest BCUT2D eigenvalue weighted by atomic mass is 16.2. The maximum Gasteiger partial charge on any atom is 0.228 e. The van der Waals surface area contributed by atoms with E-state index in [0.29, 0.717) is 24.9 Å². The SMILES string of the molecule is CC1C2CN(C(=O)CC(N)CC(=O)N3CC4CCC45C3=CC(=O)c3ccccc35)C3=CC(=O)c4ccccc4C312.